The number of carbonyl (C=O) groups is 1. The Bertz CT molecular complexity index is 622. The van der Waals surface area contributed by atoms with E-state index < -0.39 is 16.0 Å². The monoisotopic (exact) mass is 375 g/mol. The SMILES string of the molecule is O=C(O)c1cc(S(=O)(=O)N2CCCCCCC2)ccc1Br. The average Bonchev–Trinajstić information content (AvgIpc) is 2.37. The topological polar surface area (TPSA) is 74.7 Å². The van der Waals surface area contributed by atoms with E-state index in [0.717, 1.165) is 32.1 Å². The Labute approximate surface area is 133 Å². The van der Waals surface area contributed by atoms with E-state index in [4.69, 9.17) is 5.11 Å². The Morgan fingerprint density at radius 1 is 1.10 bits per heavy atom. The van der Waals surface area contributed by atoms with Crippen LogP contribution in [-0.2, 0) is 10.0 Å². The molecule has 7 heteroatoms. The minimum absolute atomic E-state index is 0.0388. The first kappa shape index (κ1) is 16.5. The van der Waals surface area contributed by atoms with Gasteiger partial charge in [-0.25, -0.2) is 13.2 Å². The van der Waals surface area contributed by atoms with Crippen molar-refractivity contribution in [2.45, 2.75) is 37.0 Å². The summed E-state index contributed by atoms with van der Waals surface area (Å²) in [5.41, 5.74) is -0.0388. The normalized spacial score (nSPS) is 18.0. The molecular formula is C14H18BrNO4S. The van der Waals surface area contributed by atoms with Crippen molar-refractivity contribution in [2.75, 3.05) is 13.1 Å². The molecule has 0 unspecified atom stereocenters. The standard InChI is InChI=1S/C14H18BrNO4S/c15-13-7-6-11(10-12(13)14(17)18)21(19,20)16-8-4-2-1-3-5-9-16/h6-7,10H,1-5,8-9H2,(H,17,18). The van der Waals surface area contributed by atoms with Gasteiger partial charge in [0, 0.05) is 17.6 Å². The molecule has 1 aliphatic rings. The Morgan fingerprint density at radius 3 is 2.24 bits per heavy atom. The number of benzene rings is 1. The van der Waals surface area contributed by atoms with Crippen LogP contribution in [0, 0.1) is 0 Å². The lowest BCUT2D eigenvalue weighted by Crippen LogP contribution is -2.34. The third-order valence-corrected chi connectivity index (χ3v) is 6.21. The van der Waals surface area contributed by atoms with Gasteiger partial charge in [0.2, 0.25) is 10.0 Å². The number of hydrogen-bond acceptors (Lipinski definition) is 3. The van der Waals surface area contributed by atoms with Crippen molar-refractivity contribution in [1.82, 2.24) is 4.31 Å². The van der Waals surface area contributed by atoms with E-state index in [9.17, 15) is 13.2 Å². The van der Waals surface area contributed by atoms with Gasteiger partial charge in [-0.3, -0.25) is 0 Å². The molecule has 1 heterocycles. The predicted molar refractivity (Wildman–Crippen MR) is 82.9 cm³/mol. The second-order valence-electron chi connectivity index (χ2n) is 5.12. The Morgan fingerprint density at radius 2 is 1.67 bits per heavy atom. The quantitative estimate of drug-likeness (QED) is 0.880. The molecule has 1 fully saturated rings. The number of carboxylic acids is 1. The van der Waals surface area contributed by atoms with Crippen molar-refractivity contribution in [3.05, 3.63) is 28.2 Å². The molecule has 0 bridgehead atoms. The maximum atomic E-state index is 12.7. The number of nitrogens with zero attached hydrogens (tertiary/aromatic N) is 1. The van der Waals surface area contributed by atoms with E-state index in [0.29, 0.717) is 17.6 Å². The fraction of sp³-hybridized carbons (Fsp3) is 0.500. The zero-order chi connectivity index (χ0) is 15.5. The zero-order valence-corrected chi connectivity index (χ0v) is 14.0. The molecule has 1 saturated heterocycles. The minimum atomic E-state index is -3.63. The highest BCUT2D eigenvalue weighted by molar-refractivity contribution is 9.10. The highest BCUT2D eigenvalue weighted by Gasteiger charge is 2.26. The van der Waals surface area contributed by atoms with E-state index in [-0.39, 0.29) is 10.5 Å². The van der Waals surface area contributed by atoms with Gasteiger partial charge in [0.05, 0.1) is 10.5 Å². The second kappa shape index (κ2) is 6.89. The van der Waals surface area contributed by atoms with Crippen LogP contribution in [0.25, 0.3) is 0 Å². The van der Waals surface area contributed by atoms with Crippen LogP contribution < -0.4 is 0 Å². The number of rotatable bonds is 3. The van der Waals surface area contributed by atoms with Crippen molar-refractivity contribution in [2.24, 2.45) is 0 Å². The van der Waals surface area contributed by atoms with Crippen LogP contribution in [0.15, 0.2) is 27.6 Å². The summed E-state index contributed by atoms with van der Waals surface area (Å²) < 4.78 is 27.2. The summed E-state index contributed by atoms with van der Waals surface area (Å²) in [4.78, 5) is 11.2. The molecule has 1 aliphatic heterocycles. The molecule has 0 saturated carbocycles. The lowest BCUT2D eigenvalue weighted by molar-refractivity contribution is 0.0695. The average molecular weight is 376 g/mol. The first-order chi connectivity index (χ1) is 9.93. The van der Waals surface area contributed by atoms with Crippen LogP contribution in [0.5, 0.6) is 0 Å². The maximum Gasteiger partial charge on any atom is 0.336 e. The number of sulfonamides is 1. The molecule has 0 spiro atoms. The van der Waals surface area contributed by atoms with Crippen molar-refractivity contribution < 1.29 is 18.3 Å². The molecular weight excluding hydrogens is 358 g/mol. The first-order valence-electron chi connectivity index (χ1n) is 6.96. The Hall–Kier alpha value is -0.920. The van der Waals surface area contributed by atoms with Gasteiger partial charge in [-0.15, -0.1) is 0 Å². The molecule has 0 aromatic heterocycles. The van der Waals surface area contributed by atoms with Crippen molar-refractivity contribution in [1.29, 1.82) is 0 Å². The number of aromatic carboxylic acids is 1. The van der Waals surface area contributed by atoms with Gasteiger partial charge in [-0.1, -0.05) is 19.3 Å². The summed E-state index contributed by atoms with van der Waals surface area (Å²) in [5.74, 6) is -1.15. The van der Waals surface area contributed by atoms with E-state index in [2.05, 4.69) is 15.9 Å². The first-order valence-corrected chi connectivity index (χ1v) is 9.19. The van der Waals surface area contributed by atoms with Gasteiger partial charge in [-0.2, -0.15) is 4.31 Å². The second-order valence-corrected chi connectivity index (χ2v) is 7.91. The summed E-state index contributed by atoms with van der Waals surface area (Å²) in [7, 11) is -3.63. The van der Waals surface area contributed by atoms with Gasteiger partial charge in [0.15, 0.2) is 0 Å². The van der Waals surface area contributed by atoms with Crippen molar-refractivity contribution >= 4 is 31.9 Å². The van der Waals surface area contributed by atoms with Crippen molar-refractivity contribution in [3.63, 3.8) is 0 Å². The molecule has 2 rings (SSSR count). The number of halogens is 1. The van der Waals surface area contributed by atoms with Crippen LogP contribution in [0.1, 0.15) is 42.5 Å². The van der Waals surface area contributed by atoms with Crippen LogP contribution in [-0.4, -0.2) is 36.9 Å². The fourth-order valence-electron chi connectivity index (χ4n) is 2.44. The zero-order valence-electron chi connectivity index (χ0n) is 11.6. The summed E-state index contributed by atoms with van der Waals surface area (Å²) in [6.07, 6.45) is 4.91. The molecule has 1 N–H and O–H groups in total. The van der Waals surface area contributed by atoms with Crippen LogP contribution in [0.4, 0.5) is 0 Å². The van der Waals surface area contributed by atoms with E-state index in [1.165, 1.54) is 22.5 Å². The van der Waals surface area contributed by atoms with E-state index >= 15 is 0 Å². The van der Waals surface area contributed by atoms with Gasteiger partial charge >= 0.3 is 5.97 Å². The van der Waals surface area contributed by atoms with Crippen LogP contribution >= 0.6 is 15.9 Å². The number of hydrogen-bond donors (Lipinski definition) is 1. The van der Waals surface area contributed by atoms with Gasteiger partial charge in [-0.05, 0) is 47.0 Å². The third-order valence-electron chi connectivity index (χ3n) is 3.62. The molecule has 21 heavy (non-hydrogen) atoms. The predicted octanol–water partition coefficient (Wildman–Crippen LogP) is 3.10. The molecule has 5 nitrogen and oxygen atoms in total. The molecule has 116 valence electrons. The maximum absolute atomic E-state index is 12.7. The summed E-state index contributed by atoms with van der Waals surface area (Å²) >= 11 is 3.13. The Kier molecular flexibility index (Phi) is 5.40. The van der Waals surface area contributed by atoms with Crippen LogP contribution in [0.3, 0.4) is 0 Å². The highest BCUT2D eigenvalue weighted by atomic mass is 79.9. The molecule has 0 amide bonds. The Balaban J connectivity index is 2.34. The minimum Gasteiger partial charge on any atom is -0.478 e. The number of carboxylic acid groups (broad SMARTS) is 1. The smallest absolute Gasteiger partial charge is 0.336 e. The van der Waals surface area contributed by atoms with E-state index in [1.807, 2.05) is 0 Å². The summed E-state index contributed by atoms with van der Waals surface area (Å²) in [6.45, 7) is 1.00. The lowest BCUT2D eigenvalue weighted by atomic mass is 10.1. The van der Waals surface area contributed by atoms with Crippen molar-refractivity contribution in [3.8, 4) is 0 Å². The molecule has 0 atom stereocenters. The summed E-state index contributed by atoms with van der Waals surface area (Å²) in [5, 5.41) is 9.11. The molecule has 1 aromatic carbocycles. The van der Waals surface area contributed by atoms with Crippen LogP contribution in [0.2, 0.25) is 0 Å². The van der Waals surface area contributed by atoms with Gasteiger partial charge < -0.3 is 5.11 Å². The van der Waals surface area contributed by atoms with E-state index in [1.54, 1.807) is 0 Å². The molecule has 0 aliphatic carbocycles. The largest absolute Gasteiger partial charge is 0.478 e. The third kappa shape index (κ3) is 3.84. The molecule has 0 radical (unpaired) electrons. The highest BCUT2D eigenvalue weighted by Crippen LogP contribution is 2.25. The van der Waals surface area contributed by atoms with Gasteiger partial charge in [0.1, 0.15) is 0 Å². The van der Waals surface area contributed by atoms with Gasteiger partial charge in [0.25, 0.3) is 0 Å². The lowest BCUT2D eigenvalue weighted by Gasteiger charge is -2.24. The fourth-order valence-corrected chi connectivity index (χ4v) is 4.40. The summed E-state index contributed by atoms with van der Waals surface area (Å²) in [6, 6.07) is 4.14. The molecule has 1 aromatic rings.